The Bertz CT molecular complexity index is 454. The van der Waals surface area contributed by atoms with Gasteiger partial charge in [-0.2, -0.15) is 0 Å². The molecule has 0 amide bonds. The summed E-state index contributed by atoms with van der Waals surface area (Å²) < 4.78 is 0. The van der Waals surface area contributed by atoms with Crippen molar-refractivity contribution in [3.05, 3.63) is 35.9 Å². The third kappa shape index (κ3) is 3.32. The predicted molar refractivity (Wildman–Crippen MR) is 89.6 cm³/mol. The van der Waals surface area contributed by atoms with Gasteiger partial charge >= 0.3 is 0 Å². The molecule has 3 atom stereocenters. The topological polar surface area (TPSA) is 15.3 Å². The zero-order valence-corrected chi connectivity index (χ0v) is 13.8. The fraction of sp³-hybridized carbons (Fsp3) is 0.684. The molecule has 116 valence electrons. The molecule has 1 heterocycles. The van der Waals surface area contributed by atoms with Crippen LogP contribution in [-0.2, 0) is 0 Å². The predicted octanol–water partition coefficient (Wildman–Crippen LogP) is 3.64. The molecule has 0 aromatic heterocycles. The Hall–Kier alpha value is -0.860. The summed E-state index contributed by atoms with van der Waals surface area (Å²) in [7, 11) is 0. The maximum Gasteiger partial charge on any atom is 0.0309 e. The second kappa shape index (κ2) is 6.10. The molecule has 0 bridgehead atoms. The molecule has 1 aliphatic carbocycles. The maximum atomic E-state index is 3.86. The minimum atomic E-state index is 0.349. The van der Waals surface area contributed by atoms with Gasteiger partial charge < -0.3 is 5.32 Å². The number of benzene rings is 1. The van der Waals surface area contributed by atoms with Crippen LogP contribution in [0.3, 0.4) is 0 Å². The van der Waals surface area contributed by atoms with E-state index in [9.17, 15) is 0 Å². The third-order valence-electron chi connectivity index (χ3n) is 5.62. The van der Waals surface area contributed by atoms with Crippen molar-refractivity contribution >= 4 is 0 Å². The summed E-state index contributed by atoms with van der Waals surface area (Å²) in [6.45, 7) is 10.7. The van der Waals surface area contributed by atoms with Crippen LogP contribution >= 0.6 is 0 Å². The van der Waals surface area contributed by atoms with E-state index in [0.29, 0.717) is 17.5 Å². The maximum absolute atomic E-state index is 3.86. The van der Waals surface area contributed by atoms with E-state index in [1.807, 2.05) is 0 Å². The summed E-state index contributed by atoms with van der Waals surface area (Å²) in [4.78, 5) is 2.76. The van der Waals surface area contributed by atoms with Crippen molar-refractivity contribution in [3.8, 4) is 0 Å². The molecule has 1 aliphatic heterocycles. The summed E-state index contributed by atoms with van der Waals surface area (Å²) in [5, 5.41) is 3.86. The van der Waals surface area contributed by atoms with Crippen LogP contribution in [0.5, 0.6) is 0 Å². The molecular formula is C19H30N2. The largest absolute Gasteiger partial charge is 0.308 e. The Morgan fingerprint density at radius 1 is 1.29 bits per heavy atom. The van der Waals surface area contributed by atoms with Crippen LogP contribution in [0.1, 0.15) is 51.5 Å². The first-order valence-electron chi connectivity index (χ1n) is 8.66. The van der Waals surface area contributed by atoms with Crippen molar-refractivity contribution in [2.45, 2.75) is 57.5 Å². The van der Waals surface area contributed by atoms with E-state index in [2.05, 4.69) is 61.3 Å². The molecule has 2 aliphatic rings. The quantitative estimate of drug-likeness (QED) is 0.889. The number of nitrogens with one attached hydrogen (secondary N) is 1. The Labute approximate surface area is 129 Å². The fourth-order valence-corrected chi connectivity index (χ4v) is 3.94. The van der Waals surface area contributed by atoms with Crippen LogP contribution in [0, 0.1) is 5.92 Å². The number of hydrogen-bond acceptors (Lipinski definition) is 2. The Balaban J connectivity index is 1.68. The molecule has 1 saturated carbocycles. The molecule has 21 heavy (non-hydrogen) atoms. The lowest BCUT2D eigenvalue weighted by Crippen LogP contribution is -2.64. The van der Waals surface area contributed by atoms with Gasteiger partial charge in [0.15, 0.2) is 0 Å². The molecular weight excluding hydrogens is 256 g/mol. The molecule has 2 nitrogen and oxygen atoms in total. The van der Waals surface area contributed by atoms with E-state index >= 15 is 0 Å². The highest BCUT2D eigenvalue weighted by Gasteiger charge is 2.45. The van der Waals surface area contributed by atoms with E-state index in [4.69, 9.17) is 0 Å². The highest BCUT2D eigenvalue weighted by molar-refractivity contribution is 5.19. The van der Waals surface area contributed by atoms with Crippen molar-refractivity contribution in [1.29, 1.82) is 0 Å². The van der Waals surface area contributed by atoms with Gasteiger partial charge in [0.05, 0.1) is 0 Å². The zero-order valence-electron chi connectivity index (χ0n) is 13.8. The van der Waals surface area contributed by atoms with Gasteiger partial charge in [-0.15, -0.1) is 0 Å². The van der Waals surface area contributed by atoms with Gasteiger partial charge in [0.25, 0.3) is 0 Å². The lowest BCUT2D eigenvalue weighted by molar-refractivity contribution is 0.0688. The van der Waals surface area contributed by atoms with E-state index < -0.39 is 0 Å². The average molecular weight is 286 g/mol. The second-order valence-electron chi connectivity index (χ2n) is 7.38. The van der Waals surface area contributed by atoms with Crippen LogP contribution in [0.25, 0.3) is 0 Å². The summed E-state index contributed by atoms with van der Waals surface area (Å²) in [6, 6.07) is 11.7. The fourth-order valence-electron chi connectivity index (χ4n) is 3.94. The molecule has 1 aromatic rings. The van der Waals surface area contributed by atoms with Crippen LogP contribution in [0.2, 0.25) is 0 Å². The van der Waals surface area contributed by atoms with Crippen molar-refractivity contribution in [2.75, 3.05) is 19.6 Å². The highest BCUT2D eigenvalue weighted by atomic mass is 15.3. The smallest absolute Gasteiger partial charge is 0.0309 e. The summed E-state index contributed by atoms with van der Waals surface area (Å²) in [6.07, 6.45) is 4.08. The Kier molecular flexibility index (Phi) is 4.37. The van der Waals surface area contributed by atoms with Gasteiger partial charge in [0, 0.05) is 31.2 Å². The van der Waals surface area contributed by atoms with E-state index in [-0.39, 0.29) is 0 Å². The highest BCUT2D eigenvalue weighted by Crippen LogP contribution is 2.41. The molecule has 0 radical (unpaired) electrons. The minimum Gasteiger partial charge on any atom is -0.308 e. The monoisotopic (exact) mass is 286 g/mol. The first-order valence-corrected chi connectivity index (χ1v) is 8.66. The molecule has 3 unspecified atom stereocenters. The molecule has 1 N–H and O–H groups in total. The zero-order chi connectivity index (χ0) is 14.9. The lowest BCUT2D eigenvalue weighted by atomic mass is 9.89. The summed E-state index contributed by atoms with van der Waals surface area (Å²) in [5.74, 6) is 1.52. The van der Waals surface area contributed by atoms with Gasteiger partial charge in [0.1, 0.15) is 0 Å². The SMILES string of the molecule is CCC1CNC(C)(C2CC2)CN1CC(C)c1ccccc1. The number of rotatable bonds is 5. The second-order valence-corrected chi connectivity index (χ2v) is 7.38. The van der Waals surface area contributed by atoms with Crippen molar-refractivity contribution < 1.29 is 0 Å². The average Bonchev–Trinajstić information content (AvgIpc) is 3.33. The van der Waals surface area contributed by atoms with Crippen molar-refractivity contribution in [3.63, 3.8) is 0 Å². The Morgan fingerprint density at radius 3 is 2.62 bits per heavy atom. The first-order chi connectivity index (χ1) is 10.1. The van der Waals surface area contributed by atoms with Gasteiger partial charge in [-0.05, 0) is 43.6 Å². The Morgan fingerprint density at radius 2 is 2.00 bits per heavy atom. The van der Waals surface area contributed by atoms with Crippen LogP contribution in [0.15, 0.2) is 30.3 Å². The minimum absolute atomic E-state index is 0.349. The molecule has 2 heteroatoms. The van der Waals surface area contributed by atoms with E-state index in [0.717, 1.165) is 12.5 Å². The van der Waals surface area contributed by atoms with Gasteiger partial charge in [-0.3, -0.25) is 4.90 Å². The van der Waals surface area contributed by atoms with Crippen molar-refractivity contribution in [2.24, 2.45) is 5.92 Å². The number of piperazine rings is 1. The standard InChI is InChI=1S/C19H30N2/c1-4-18-12-20-19(3,17-10-11-17)14-21(18)13-15(2)16-8-6-5-7-9-16/h5-9,15,17-18,20H,4,10-14H2,1-3H3. The third-order valence-corrected chi connectivity index (χ3v) is 5.62. The lowest BCUT2D eigenvalue weighted by Gasteiger charge is -2.47. The molecule has 3 rings (SSSR count). The van der Waals surface area contributed by atoms with E-state index in [1.54, 1.807) is 0 Å². The van der Waals surface area contributed by atoms with E-state index in [1.165, 1.54) is 37.9 Å². The number of nitrogens with zero attached hydrogens (tertiary/aromatic N) is 1. The molecule has 2 fully saturated rings. The molecule has 1 saturated heterocycles. The van der Waals surface area contributed by atoms with Gasteiger partial charge in [-0.1, -0.05) is 44.2 Å². The number of hydrogen-bond donors (Lipinski definition) is 1. The molecule has 0 spiro atoms. The summed E-state index contributed by atoms with van der Waals surface area (Å²) >= 11 is 0. The van der Waals surface area contributed by atoms with Crippen LogP contribution < -0.4 is 5.32 Å². The first kappa shape index (κ1) is 15.1. The molecule has 1 aromatic carbocycles. The normalized spacial score (nSPS) is 32.0. The van der Waals surface area contributed by atoms with Gasteiger partial charge in [-0.25, -0.2) is 0 Å². The van der Waals surface area contributed by atoms with Crippen molar-refractivity contribution in [1.82, 2.24) is 10.2 Å². The van der Waals surface area contributed by atoms with Gasteiger partial charge in [0.2, 0.25) is 0 Å². The summed E-state index contributed by atoms with van der Waals surface area (Å²) in [5.41, 5.74) is 1.82. The van der Waals surface area contributed by atoms with Crippen LogP contribution in [-0.4, -0.2) is 36.1 Å². The van der Waals surface area contributed by atoms with Crippen LogP contribution in [0.4, 0.5) is 0 Å².